The smallest absolute Gasteiger partial charge is 0.187 e. The summed E-state index contributed by atoms with van der Waals surface area (Å²) in [7, 11) is 0. The van der Waals surface area contributed by atoms with Crippen molar-refractivity contribution in [3.63, 3.8) is 0 Å². The van der Waals surface area contributed by atoms with Gasteiger partial charge in [0.2, 0.25) is 0 Å². The lowest BCUT2D eigenvalue weighted by molar-refractivity contribution is 0.205. The Kier molecular flexibility index (Phi) is 1.28. The number of halogens is 3. The van der Waals surface area contributed by atoms with Gasteiger partial charge in [-0.15, -0.1) is 0 Å². The Labute approximate surface area is 68.4 Å². The van der Waals surface area contributed by atoms with Gasteiger partial charge in [-0.2, -0.15) is 0 Å². The Morgan fingerprint density at radius 3 is 2.70 bits per heavy atom. The third kappa shape index (κ3) is 1.03. The predicted octanol–water partition coefficient (Wildman–Crippen LogP) is 2.41. The van der Waals surface area contributed by atoms with E-state index in [4.69, 9.17) is 27.9 Å². The molecule has 1 saturated heterocycles. The largest absolute Gasteiger partial charge is 0.349 e. The highest BCUT2D eigenvalue weighted by atomic mass is 35.5. The van der Waals surface area contributed by atoms with Gasteiger partial charge in [-0.1, -0.05) is 23.2 Å². The van der Waals surface area contributed by atoms with Gasteiger partial charge >= 0.3 is 0 Å². The van der Waals surface area contributed by atoms with Gasteiger partial charge in [0.25, 0.3) is 0 Å². The van der Waals surface area contributed by atoms with Crippen molar-refractivity contribution in [3.8, 4) is 0 Å². The Morgan fingerprint density at radius 2 is 2.20 bits per heavy atom. The van der Waals surface area contributed by atoms with Crippen LogP contribution < -0.4 is 0 Å². The highest BCUT2D eigenvalue weighted by molar-refractivity contribution is 6.27. The van der Waals surface area contributed by atoms with E-state index in [2.05, 4.69) is 0 Å². The molecule has 2 aliphatic rings. The maximum absolute atomic E-state index is 13.0. The van der Waals surface area contributed by atoms with E-state index in [1.807, 2.05) is 0 Å². The fraction of sp³-hybridized carbons (Fsp3) is 1.00. The summed E-state index contributed by atoms with van der Waals surface area (Å²) in [6.45, 7) is 0. The molecule has 10 heavy (non-hydrogen) atoms. The zero-order valence-corrected chi connectivity index (χ0v) is 6.75. The maximum Gasteiger partial charge on any atom is 0.187 e. The molecule has 1 aliphatic heterocycles. The minimum atomic E-state index is -1.63. The fourth-order valence-corrected chi connectivity index (χ4v) is 2.22. The maximum atomic E-state index is 13.0. The van der Waals surface area contributed by atoms with Crippen molar-refractivity contribution in [1.82, 2.24) is 0 Å². The molecule has 0 N–H and O–H groups in total. The zero-order chi connectivity index (χ0) is 7.41. The molecule has 3 atom stereocenters. The average molecular weight is 185 g/mol. The van der Waals surface area contributed by atoms with Crippen LogP contribution in [0.1, 0.15) is 19.3 Å². The normalized spacial score (nSPS) is 59.7. The van der Waals surface area contributed by atoms with Crippen molar-refractivity contribution in [3.05, 3.63) is 0 Å². The third-order valence-electron chi connectivity index (χ3n) is 2.03. The molecule has 0 bridgehead atoms. The molecule has 58 valence electrons. The molecule has 0 aromatic rings. The quantitative estimate of drug-likeness (QED) is 0.417. The van der Waals surface area contributed by atoms with E-state index < -0.39 is 10.2 Å². The van der Waals surface area contributed by atoms with Crippen LogP contribution in [-0.2, 0) is 4.74 Å². The minimum Gasteiger partial charge on any atom is -0.349 e. The van der Waals surface area contributed by atoms with Crippen molar-refractivity contribution in [2.24, 2.45) is 0 Å². The predicted molar refractivity (Wildman–Crippen MR) is 37.0 cm³/mol. The van der Waals surface area contributed by atoms with E-state index >= 15 is 0 Å². The Morgan fingerprint density at radius 1 is 1.50 bits per heavy atom. The molecule has 4 heteroatoms. The van der Waals surface area contributed by atoms with E-state index in [-0.39, 0.29) is 12.5 Å². The first-order valence-electron chi connectivity index (χ1n) is 3.26. The van der Waals surface area contributed by atoms with E-state index in [1.54, 1.807) is 0 Å². The number of fused-ring (bicyclic) bond motifs is 1. The van der Waals surface area contributed by atoms with Gasteiger partial charge in [0.05, 0.1) is 0 Å². The van der Waals surface area contributed by atoms with E-state index in [1.165, 1.54) is 0 Å². The van der Waals surface area contributed by atoms with Gasteiger partial charge in [0.1, 0.15) is 6.10 Å². The summed E-state index contributed by atoms with van der Waals surface area (Å²) in [4.78, 5) is 0. The first-order chi connectivity index (χ1) is 4.52. The number of epoxide rings is 1. The van der Waals surface area contributed by atoms with E-state index in [0.29, 0.717) is 12.8 Å². The van der Waals surface area contributed by atoms with Gasteiger partial charge in [0.15, 0.2) is 10.2 Å². The SMILES string of the molecule is FC1(Cl)CCC2OC2(Cl)C1. The van der Waals surface area contributed by atoms with Crippen molar-refractivity contribution in [2.75, 3.05) is 0 Å². The summed E-state index contributed by atoms with van der Waals surface area (Å²) < 4.78 is 18.0. The number of alkyl halides is 3. The van der Waals surface area contributed by atoms with Gasteiger partial charge in [-0.3, -0.25) is 0 Å². The summed E-state index contributed by atoms with van der Waals surface area (Å²) in [5.41, 5.74) is 0. The highest BCUT2D eigenvalue weighted by Gasteiger charge is 2.62. The third-order valence-corrected chi connectivity index (χ3v) is 2.82. The second-order valence-electron chi connectivity index (χ2n) is 2.96. The molecule has 1 nitrogen and oxygen atoms in total. The van der Waals surface area contributed by atoms with E-state index in [0.717, 1.165) is 0 Å². The van der Waals surface area contributed by atoms with Crippen molar-refractivity contribution < 1.29 is 9.13 Å². The van der Waals surface area contributed by atoms with Crippen LogP contribution in [0.15, 0.2) is 0 Å². The van der Waals surface area contributed by atoms with Gasteiger partial charge in [0, 0.05) is 6.42 Å². The van der Waals surface area contributed by atoms with Crippen LogP contribution in [0.4, 0.5) is 4.39 Å². The summed E-state index contributed by atoms with van der Waals surface area (Å²) in [6.07, 6.45) is 1.17. The molecular weight excluding hydrogens is 178 g/mol. The van der Waals surface area contributed by atoms with Gasteiger partial charge in [-0.05, 0) is 12.8 Å². The fourth-order valence-electron chi connectivity index (χ4n) is 1.42. The average Bonchev–Trinajstić information content (AvgIpc) is 2.35. The number of hydrogen-bond donors (Lipinski definition) is 0. The minimum absolute atomic E-state index is 0.0526. The molecule has 0 aromatic heterocycles. The monoisotopic (exact) mass is 184 g/mol. The summed E-state index contributed by atoms with van der Waals surface area (Å²) >= 11 is 11.2. The molecule has 2 fully saturated rings. The van der Waals surface area contributed by atoms with Crippen molar-refractivity contribution >= 4 is 23.2 Å². The Hall–Kier alpha value is 0.470. The van der Waals surface area contributed by atoms with Crippen LogP contribution in [0.2, 0.25) is 0 Å². The first kappa shape index (κ1) is 7.14. The van der Waals surface area contributed by atoms with Crippen LogP contribution in [0.25, 0.3) is 0 Å². The topological polar surface area (TPSA) is 12.5 Å². The van der Waals surface area contributed by atoms with Crippen LogP contribution in [0, 0.1) is 0 Å². The van der Waals surface area contributed by atoms with Crippen molar-refractivity contribution in [2.45, 2.75) is 35.6 Å². The lowest BCUT2D eigenvalue weighted by atomic mass is 9.98. The molecule has 0 radical (unpaired) electrons. The van der Waals surface area contributed by atoms with Crippen molar-refractivity contribution in [1.29, 1.82) is 0 Å². The molecule has 0 spiro atoms. The van der Waals surface area contributed by atoms with Gasteiger partial charge in [-0.25, -0.2) is 4.39 Å². The highest BCUT2D eigenvalue weighted by Crippen LogP contribution is 2.56. The lowest BCUT2D eigenvalue weighted by Gasteiger charge is -2.22. The summed E-state index contributed by atoms with van der Waals surface area (Å²) in [6, 6.07) is 0. The number of ether oxygens (including phenoxy) is 1. The van der Waals surface area contributed by atoms with E-state index in [9.17, 15) is 4.39 Å². The molecule has 1 heterocycles. The lowest BCUT2D eigenvalue weighted by Crippen LogP contribution is -2.28. The molecular formula is C6H7Cl2FO. The second kappa shape index (κ2) is 1.79. The molecule has 1 aliphatic carbocycles. The number of rotatable bonds is 0. The molecule has 1 saturated carbocycles. The van der Waals surface area contributed by atoms with Gasteiger partial charge < -0.3 is 4.74 Å². The Balaban J connectivity index is 2.09. The summed E-state index contributed by atoms with van der Waals surface area (Å²) in [5, 5.41) is -2.39. The summed E-state index contributed by atoms with van der Waals surface area (Å²) in [5.74, 6) is 0. The second-order valence-corrected chi connectivity index (χ2v) is 4.28. The molecule has 0 aromatic carbocycles. The number of hydrogen-bond acceptors (Lipinski definition) is 1. The molecule has 0 amide bonds. The zero-order valence-electron chi connectivity index (χ0n) is 5.24. The van der Waals surface area contributed by atoms with Crippen LogP contribution >= 0.6 is 23.2 Å². The molecule has 2 rings (SSSR count). The van der Waals surface area contributed by atoms with Crippen LogP contribution in [0.3, 0.4) is 0 Å². The Bertz CT molecular complexity index is 170. The first-order valence-corrected chi connectivity index (χ1v) is 4.02. The molecule has 3 unspecified atom stereocenters. The van der Waals surface area contributed by atoms with Crippen LogP contribution in [-0.4, -0.2) is 16.3 Å². The van der Waals surface area contributed by atoms with Crippen LogP contribution in [0.5, 0.6) is 0 Å². The standard InChI is InChI=1S/C6H7Cl2FO/c7-5(9)2-1-4-6(8,3-5)10-4/h4H,1-3H2.